The Morgan fingerprint density at radius 3 is 1.41 bits per heavy atom. The molecule has 3 aromatic carbocycles. The fraction of sp³-hybridized carbons (Fsp3) is 0.286. The summed E-state index contributed by atoms with van der Waals surface area (Å²) in [6.07, 6.45) is 1.94. The van der Waals surface area contributed by atoms with Gasteiger partial charge in [0.15, 0.2) is 0 Å². The summed E-state index contributed by atoms with van der Waals surface area (Å²) in [6, 6.07) is 22.6. The molecule has 0 saturated heterocycles. The Kier molecular flexibility index (Phi) is 6.70. The van der Waals surface area contributed by atoms with E-state index in [9.17, 15) is 9.59 Å². The van der Waals surface area contributed by atoms with Crippen LogP contribution in [0.4, 0.5) is 0 Å². The van der Waals surface area contributed by atoms with E-state index in [0.29, 0.717) is 24.3 Å². The highest BCUT2D eigenvalue weighted by atomic mass is 16.6. The summed E-state index contributed by atoms with van der Waals surface area (Å²) < 4.78 is 22.1. The van der Waals surface area contributed by atoms with Crippen LogP contribution in [0, 0.1) is 0 Å². The number of carbonyl (C=O) groups is 2. The number of hydrogen-bond donors (Lipinski definition) is 0. The Morgan fingerprint density at radius 1 is 0.588 bits per heavy atom. The lowest BCUT2D eigenvalue weighted by Crippen LogP contribution is -2.22. The van der Waals surface area contributed by atoms with Gasteiger partial charge in [-0.3, -0.25) is 0 Å². The second-order valence-electron chi connectivity index (χ2n) is 8.37. The molecule has 2 aliphatic carbocycles. The maximum absolute atomic E-state index is 12.2. The number of carbonyl (C=O) groups excluding carboxylic acids is 2. The van der Waals surface area contributed by atoms with Crippen molar-refractivity contribution in [2.75, 3.05) is 26.4 Å². The van der Waals surface area contributed by atoms with Crippen LogP contribution in [0.1, 0.15) is 55.2 Å². The molecule has 0 radical (unpaired) electrons. The average molecular weight is 459 g/mol. The molecule has 0 amide bonds. The zero-order valence-corrected chi connectivity index (χ0v) is 18.8. The van der Waals surface area contributed by atoms with Crippen LogP contribution in [0.25, 0.3) is 0 Å². The molecule has 2 unspecified atom stereocenters. The van der Waals surface area contributed by atoms with E-state index in [0.717, 1.165) is 12.8 Å². The second kappa shape index (κ2) is 10.2. The molecule has 0 fully saturated rings. The van der Waals surface area contributed by atoms with E-state index in [1.165, 1.54) is 22.3 Å². The highest BCUT2D eigenvalue weighted by Gasteiger charge is 2.26. The lowest BCUT2D eigenvalue weighted by molar-refractivity contribution is -0.00170. The fourth-order valence-electron chi connectivity index (χ4n) is 4.28. The van der Waals surface area contributed by atoms with Crippen molar-refractivity contribution in [3.63, 3.8) is 0 Å². The van der Waals surface area contributed by atoms with Crippen molar-refractivity contribution in [2.45, 2.75) is 25.0 Å². The van der Waals surface area contributed by atoms with E-state index >= 15 is 0 Å². The predicted octanol–water partition coefficient (Wildman–Crippen LogP) is 4.63. The lowest BCUT2D eigenvalue weighted by Gasteiger charge is -2.29. The van der Waals surface area contributed by atoms with Crippen LogP contribution in [0.2, 0.25) is 0 Å². The predicted molar refractivity (Wildman–Crippen MR) is 125 cm³/mol. The molecule has 5 rings (SSSR count). The Labute approximate surface area is 198 Å². The van der Waals surface area contributed by atoms with Gasteiger partial charge in [-0.25, -0.2) is 9.59 Å². The molecule has 3 aromatic rings. The van der Waals surface area contributed by atoms with Crippen LogP contribution in [-0.2, 0) is 31.8 Å². The van der Waals surface area contributed by atoms with Gasteiger partial charge in [0.05, 0.1) is 36.5 Å². The van der Waals surface area contributed by atoms with Gasteiger partial charge in [-0.15, -0.1) is 0 Å². The summed E-state index contributed by atoms with van der Waals surface area (Å²) in [5.41, 5.74) is 5.77. The average Bonchev–Trinajstić information content (AvgIpc) is 2.84. The minimum Gasteiger partial charge on any atom is -0.460 e. The largest absolute Gasteiger partial charge is 0.460 e. The second-order valence-corrected chi connectivity index (χ2v) is 8.37. The molecule has 0 aromatic heterocycles. The van der Waals surface area contributed by atoms with E-state index < -0.39 is 11.9 Å². The first kappa shape index (κ1) is 22.3. The lowest BCUT2D eigenvalue weighted by atomic mass is 9.85. The molecule has 2 atom stereocenters. The highest BCUT2D eigenvalue weighted by Crippen LogP contribution is 2.36. The number of ether oxygens (including phenoxy) is 4. The van der Waals surface area contributed by atoms with Crippen molar-refractivity contribution in [3.05, 3.63) is 106 Å². The standard InChI is InChI=1S/C28H26O6/c29-27(33-15-13-31-25-17-21-5-1-3-7-23(21)25)19-9-11-20(12-10-19)28(30)34-16-14-32-26-18-22-6-2-4-8-24(22)26/h1-12,25-26H,13-18H2. The van der Waals surface area contributed by atoms with Crippen LogP contribution in [0.5, 0.6) is 0 Å². The topological polar surface area (TPSA) is 71.1 Å². The van der Waals surface area contributed by atoms with Gasteiger partial charge < -0.3 is 18.9 Å². The van der Waals surface area contributed by atoms with Crippen LogP contribution >= 0.6 is 0 Å². The molecular weight excluding hydrogens is 432 g/mol. The van der Waals surface area contributed by atoms with Crippen LogP contribution in [0.15, 0.2) is 72.8 Å². The van der Waals surface area contributed by atoms with Crippen molar-refractivity contribution < 1.29 is 28.5 Å². The third-order valence-corrected chi connectivity index (χ3v) is 6.24. The summed E-state index contributed by atoms with van der Waals surface area (Å²) in [7, 11) is 0. The first-order valence-electron chi connectivity index (χ1n) is 11.5. The molecule has 0 aliphatic heterocycles. The van der Waals surface area contributed by atoms with Crippen molar-refractivity contribution in [2.24, 2.45) is 0 Å². The van der Waals surface area contributed by atoms with Crippen molar-refractivity contribution >= 4 is 11.9 Å². The van der Waals surface area contributed by atoms with Crippen molar-refractivity contribution in [1.29, 1.82) is 0 Å². The van der Waals surface area contributed by atoms with Gasteiger partial charge >= 0.3 is 11.9 Å². The third kappa shape index (κ3) is 4.88. The minimum atomic E-state index is -0.452. The maximum Gasteiger partial charge on any atom is 0.338 e. The third-order valence-electron chi connectivity index (χ3n) is 6.24. The van der Waals surface area contributed by atoms with Crippen molar-refractivity contribution in [1.82, 2.24) is 0 Å². The number of benzene rings is 3. The Bertz CT molecular complexity index is 1080. The van der Waals surface area contributed by atoms with Gasteiger partial charge in [0.2, 0.25) is 0 Å². The number of esters is 2. The van der Waals surface area contributed by atoms with Crippen molar-refractivity contribution in [3.8, 4) is 0 Å². The number of hydrogen-bond acceptors (Lipinski definition) is 6. The van der Waals surface area contributed by atoms with Crippen LogP contribution in [-0.4, -0.2) is 38.4 Å². The Hall–Kier alpha value is -3.48. The molecule has 0 bridgehead atoms. The van der Waals surface area contributed by atoms with Gasteiger partial charge in [0.25, 0.3) is 0 Å². The molecule has 2 aliphatic rings. The molecule has 174 valence electrons. The SMILES string of the molecule is O=C(OCCOC1Cc2ccccc21)c1ccc(C(=O)OCCOC2Cc3ccccc32)cc1. The molecule has 0 heterocycles. The Balaban J connectivity index is 0.989. The van der Waals surface area contributed by atoms with E-state index in [2.05, 4.69) is 24.3 Å². The summed E-state index contributed by atoms with van der Waals surface area (Å²) in [4.78, 5) is 24.5. The molecular formula is C28H26O6. The van der Waals surface area contributed by atoms with E-state index in [1.54, 1.807) is 24.3 Å². The monoisotopic (exact) mass is 458 g/mol. The molecule has 0 N–H and O–H groups in total. The van der Waals surface area contributed by atoms with Gasteiger partial charge in [0.1, 0.15) is 13.2 Å². The van der Waals surface area contributed by atoms with Crippen LogP contribution in [0.3, 0.4) is 0 Å². The fourth-order valence-corrected chi connectivity index (χ4v) is 4.28. The molecule has 34 heavy (non-hydrogen) atoms. The minimum absolute atomic E-state index is 0.0788. The highest BCUT2D eigenvalue weighted by molar-refractivity contribution is 5.93. The summed E-state index contributed by atoms with van der Waals surface area (Å²) in [5.74, 6) is -0.904. The Morgan fingerprint density at radius 2 is 1.00 bits per heavy atom. The maximum atomic E-state index is 12.2. The van der Waals surface area contributed by atoms with Gasteiger partial charge in [0, 0.05) is 12.8 Å². The van der Waals surface area contributed by atoms with Crippen LogP contribution < -0.4 is 0 Å². The summed E-state index contributed by atoms with van der Waals surface area (Å²) >= 11 is 0. The van der Waals surface area contributed by atoms with Gasteiger partial charge in [-0.05, 0) is 46.5 Å². The molecule has 6 heteroatoms. The molecule has 6 nitrogen and oxygen atoms in total. The quantitative estimate of drug-likeness (QED) is 0.326. The normalized spacial score (nSPS) is 17.5. The molecule has 0 saturated carbocycles. The van der Waals surface area contributed by atoms with Gasteiger partial charge in [-0.1, -0.05) is 48.5 Å². The number of rotatable bonds is 10. The smallest absolute Gasteiger partial charge is 0.338 e. The zero-order chi connectivity index (χ0) is 23.3. The first-order chi connectivity index (χ1) is 16.7. The molecule has 0 spiro atoms. The zero-order valence-electron chi connectivity index (χ0n) is 18.8. The van der Waals surface area contributed by atoms with E-state index in [-0.39, 0.29) is 25.4 Å². The first-order valence-corrected chi connectivity index (χ1v) is 11.5. The number of fused-ring (bicyclic) bond motifs is 2. The van der Waals surface area contributed by atoms with Gasteiger partial charge in [-0.2, -0.15) is 0 Å². The summed E-state index contributed by atoms with van der Waals surface area (Å²) in [5, 5.41) is 0. The summed E-state index contributed by atoms with van der Waals surface area (Å²) in [6.45, 7) is 1.02. The van der Waals surface area contributed by atoms with E-state index in [1.807, 2.05) is 24.3 Å². The van der Waals surface area contributed by atoms with E-state index in [4.69, 9.17) is 18.9 Å².